The first-order chi connectivity index (χ1) is 12.7. The zero-order chi connectivity index (χ0) is 19.8. The minimum Gasteiger partial charge on any atom is -0.497 e. The minimum absolute atomic E-state index is 0.00864. The van der Waals surface area contributed by atoms with E-state index in [1.807, 2.05) is 0 Å². The Bertz CT molecular complexity index is 1050. The van der Waals surface area contributed by atoms with Gasteiger partial charge in [0.15, 0.2) is 5.65 Å². The van der Waals surface area contributed by atoms with Gasteiger partial charge in [0.05, 0.1) is 31.9 Å². The second kappa shape index (κ2) is 6.78. The van der Waals surface area contributed by atoms with Gasteiger partial charge in [0, 0.05) is 6.07 Å². The van der Waals surface area contributed by atoms with E-state index in [0.29, 0.717) is 10.3 Å². The van der Waals surface area contributed by atoms with Crippen molar-refractivity contribution < 1.29 is 27.4 Å². The maximum Gasteiger partial charge on any atom is 0.433 e. The van der Waals surface area contributed by atoms with Crippen LogP contribution in [-0.4, -0.2) is 34.8 Å². The molecule has 0 saturated heterocycles. The Morgan fingerprint density at radius 2 is 1.89 bits per heavy atom. The molecular weight excluding hydrogens is 367 g/mol. The second-order valence-corrected chi connectivity index (χ2v) is 5.59. The fourth-order valence-electron chi connectivity index (χ4n) is 2.63. The Hall–Kier alpha value is -3.30. The van der Waals surface area contributed by atoms with Crippen molar-refractivity contribution in [2.45, 2.75) is 12.6 Å². The maximum atomic E-state index is 13.5. The molecule has 0 aliphatic rings. The van der Waals surface area contributed by atoms with Gasteiger partial charge in [-0.25, -0.2) is 9.50 Å². The highest BCUT2D eigenvalue weighted by molar-refractivity contribution is 5.81. The van der Waals surface area contributed by atoms with E-state index in [2.05, 4.69) is 14.8 Å². The number of rotatable bonds is 4. The Morgan fingerprint density at radius 1 is 1.22 bits per heavy atom. The van der Waals surface area contributed by atoms with Gasteiger partial charge < -0.3 is 9.47 Å². The third kappa shape index (κ3) is 3.50. The standard InChI is InChI=1S/C17H14F3N3O4/c1-26-11-5-3-9(4-6-11)14-15(17(18,19)20)22-23-12(24)7-10(21-16(14)23)8-13(25)27-2/h3-7,22H,8H2,1-2H3. The summed E-state index contributed by atoms with van der Waals surface area (Å²) in [6.07, 6.45) is -5.09. The Morgan fingerprint density at radius 3 is 2.44 bits per heavy atom. The number of aromatic nitrogens is 3. The van der Waals surface area contributed by atoms with Crippen molar-refractivity contribution in [1.29, 1.82) is 0 Å². The van der Waals surface area contributed by atoms with Crippen LogP contribution in [-0.2, 0) is 22.1 Å². The average Bonchev–Trinajstić information content (AvgIpc) is 3.02. The van der Waals surface area contributed by atoms with Crippen LogP contribution in [0.4, 0.5) is 13.2 Å². The van der Waals surface area contributed by atoms with Gasteiger partial charge in [0.25, 0.3) is 5.56 Å². The molecule has 0 unspecified atom stereocenters. The highest BCUT2D eigenvalue weighted by Crippen LogP contribution is 2.38. The maximum absolute atomic E-state index is 13.5. The molecular formula is C17H14F3N3O4. The van der Waals surface area contributed by atoms with Gasteiger partial charge in [-0.2, -0.15) is 13.2 Å². The lowest BCUT2D eigenvalue weighted by molar-refractivity contribution is -0.141. The zero-order valence-electron chi connectivity index (χ0n) is 14.3. The van der Waals surface area contributed by atoms with Gasteiger partial charge in [-0.05, 0) is 17.7 Å². The zero-order valence-corrected chi connectivity index (χ0v) is 14.3. The molecule has 0 spiro atoms. The van der Waals surface area contributed by atoms with Crippen LogP contribution < -0.4 is 10.3 Å². The molecule has 0 fully saturated rings. The molecule has 10 heteroatoms. The number of methoxy groups -OCH3 is 2. The van der Waals surface area contributed by atoms with Gasteiger partial charge in [0.2, 0.25) is 0 Å². The lowest BCUT2D eigenvalue weighted by Crippen LogP contribution is -2.18. The molecule has 3 aromatic rings. The number of carbonyl (C=O) groups is 1. The van der Waals surface area contributed by atoms with E-state index >= 15 is 0 Å². The number of nitrogens with zero attached hydrogens (tertiary/aromatic N) is 2. The van der Waals surface area contributed by atoms with Crippen LogP contribution >= 0.6 is 0 Å². The van der Waals surface area contributed by atoms with Crippen LogP contribution in [0.3, 0.4) is 0 Å². The first-order valence-electron chi connectivity index (χ1n) is 7.67. The topological polar surface area (TPSA) is 85.7 Å². The molecule has 0 bridgehead atoms. The van der Waals surface area contributed by atoms with Gasteiger partial charge in [-0.1, -0.05) is 12.1 Å². The summed E-state index contributed by atoms with van der Waals surface area (Å²) in [5, 5.41) is 2.06. The van der Waals surface area contributed by atoms with E-state index in [1.165, 1.54) is 31.4 Å². The third-order valence-electron chi connectivity index (χ3n) is 3.88. The fraction of sp³-hybridized carbons (Fsp3) is 0.235. The number of nitrogens with one attached hydrogen (secondary N) is 1. The predicted octanol–water partition coefficient (Wildman–Crippen LogP) is 2.43. The monoisotopic (exact) mass is 381 g/mol. The minimum atomic E-state index is -4.75. The highest BCUT2D eigenvalue weighted by Gasteiger charge is 2.38. The molecule has 0 amide bonds. The molecule has 1 aromatic carbocycles. The van der Waals surface area contributed by atoms with Crippen molar-refractivity contribution in [1.82, 2.24) is 14.6 Å². The smallest absolute Gasteiger partial charge is 0.433 e. The Balaban J connectivity index is 2.29. The number of fused-ring (bicyclic) bond motifs is 1. The summed E-state index contributed by atoms with van der Waals surface area (Å²) in [6, 6.07) is 6.83. The van der Waals surface area contributed by atoms with Crippen molar-refractivity contribution in [3.05, 3.63) is 52.1 Å². The predicted molar refractivity (Wildman–Crippen MR) is 88.5 cm³/mol. The normalized spacial score (nSPS) is 11.6. The molecule has 1 N–H and O–H groups in total. The SMILES string of the molecule is COC(=O)Cc1cc(=O)n2[nH]c(C(F)(F)F)c(-c3ccc(OC)cc3)c2n1. The summed E-state index contributed by atoms with van der Waals surface area (Å²) < 4.78 is 50.9. The van der Waals surface area contributed by atoms with Crippen LogP contribution in [0.25, 0.3) is 16.8 Å². The van der Waals surface area contributed by atoms with Crippen LogP contribution in [0.15, 0.2) is 35.1 Å². The van der Waals surface area contributed by atoms with Gasteiger partial charge >= 0.3 is 12.1 Å². The summed E-state index contributed by atoms with van der Waals surface area (Å²) in [5.41, 5.74) is -2.23. The van der Waals surface area contributed by atoms with Crippen LogP contribution in [0, 0.1) is 0 Å². The summed E-state index contributed by atoms with van der Waals surface area (Å²) >= 11 is 0. The number of aromatic amines is 1. The summed E-state index contributed by atoms with van der Waals surface area (Å²) in [4.78, 5) is 27.8. The molecule has 0 atom stereocenters. The first kappa shape index (κ1) is 18.5. The lowest BCUT2D eigenvalue weighted by Gasteiger charge is -2.08. The molecule has 2 heterocycles. The molecule has 2 aromatic heterocycles. The van der Waals surface area contributed by atoms with Crippen molar-refractivity contribution in [3.8, 4) is 16.9 Å². The van der Waals surface area contributed by atoms with E-state index in [0.717, 1.165) is 13.2 Å². The summed E-state index contributed by atoms with van der Waals surface area (Å²) in [7, 11) is 2.59. The van der Waals surface area contributed by atoms with Gasteiger partial charge in [-0.15, -0.1) is 0 Å². The lowest BCUT2D eigenvalue weighted by atomic mass is 10.1. The highest BCUT2D eigenvalue weighted by atomic mass is 19.4. The molecule has 0 radical (unpaired) electrons. The van der Waals surface area contributed by atoms with Crippen molar-refractivity contribution in [2.24, 2.45) is 0 Å². The summed E-state index contributed by atoms with van der Waals surface area (Å²) in [6.45, 7) is 0. The molecule has 0 aliphatic carbocycles. The number of H-pyrrole nitrogens is 1. The fourth-order valence-corrected chi connectivity index (χ4v) is 2.63. The quantitative estimate of drug-likeness (QED) is 0.702. The van der Waals surface area contributed by atoms with Crippen molar-refractivity contribution in [3.63, 3.8) is 0 Å². The van der Waals surface area contributed by atoms with Crippen LogP contribution in [0.5, 0.6) is 5.75 Å². The molecule has 0 aliphatic heterocycles. The van der Waals surface area contributed by atoms with E-state index in [4.69, 9.17) is 4.74 Å². The number of benzene rings is 1. The largest absolute Gasteiger partial charge is 0.497 e. The Kier molecular flexibility index (Phi) is 4.64. The number of ether oxygens (including phenoxy) is 2. The van der Waals surface area contributed by atoms with E-state index in [1.54, 1.807) is 0 Å². The number of alkyl halides is 3. The average molecular weight is 381 g/mol. The van der Waals surface area contributed by atoms with E-state index < -0.39 is 23.4 Å². The third-order valence-corrected chi connectivity index (χ3v) is 3.88. The summed E-state index contributed by atoms with van der Waals surface area (Å²) in [5.74, 6) is -0.201. The van der Waals surface area contributed by atoms with E-state index in [9.17, 15) is 22.8 Å². The number of hydrogen-bond donors (Lipinski definition) is 1. The number of esters is 1. The first-order valence-corrected chi connectivity index (χ1v) is 7.67. The number of halogens is 3. The number of hydrogen-bond acceptors (Lipinski definition) is 5. The molecule has 7 nitrogen and oxygen atoms in total. The number of carbonyl (C=O) groups excluding carboxylic acids is 1. The van der Waals surface area contributed by atoms with Crippen molar-refractivity contribution >= 4 is 11.6 Å². The van der Waals surface area contributed by atoms with Crippen molar-refractivity contribution in [2.75, 3.05) is 14.2 Å². The molecule has 3 rings (SSSR count). The van der Waals surface area contributed by atoms with Gasteiger partial charge in [0.1, 0.15) is 11.4 Å². The molecule has 27 heavy (non-hydrogen) atoms. The Labute approximate surface area is 150 Å². The van der Waals surface area contributed by atoms with Crippen LogP contribution in [0.2, 0.25) is 0 Å². The van der Waals surface area contributed by atoms with Crippen LogP contribution in [0.1, 0.15) is 11.4 Å². The van der Waals surface area contributed by atoms with E-state index in [-0.39, 0.29) is 28.9 Å². The van der Waals surface area contributed by atoms with Gasteiger partial charge in [-0.3, -0.25) is 14.7 Å². The molecule has 0 saturated carbocycles. The second-order valence-electron chi connectivity index (χ2n) is 5.59. The molecule has 142 valence electrons.